The van der Waals surface area contributed by atoms with Gasteiger partial charge in [0.15, 0.2) is 6.29 Å². The fraction of sp³-hybridized carbons (Fsp3) is 0.727. The molecule has 0 N–H and O–H groups in total. The first-order chi connectivity index (χ1) is 13.3. The topological polar surface area (TPSA) is 46.2 Å². The van der Waals surface area contributed by atoms with Crippen LogP contribution in [-0.4, -0.2) is 52.5 Å². The average molecular weight is 381 g/mol. The number of ether oxygens (including phenoxy) is 5. The van der Waals surface area contributed by atoms with Crippen LogP contribution in [0.3, 0.4) is 0 Å². The first-order valence-electron chi connectivity index (χ1n) is 10.3. The highest BCUT2D eigenvalue weighted by Gasteiger charge is 2.13. The van der Waals surface area contributed by atoms with Crippen LogP contribution in [-0.2, 0) is 30.3 Å². The summed E-state index contributed by atoms with van der Waals surface area (Å²) in [5, 5.41) is 0. The van der Waals surface area contributed by atoms with E-state index in [0.29, 0.717) is 52.2 Å². The molecule has 2 unspecified atom stereocenters. The minimum atomic E-state index is -0.0398. The van der Waals surface area contributed by atoms with Crippen LogP contribution < -0.4 is 0 Å². The lowest BCUT2D eigenvalue weighted by molar-refractivity contribution is -0.169. The molecule has 1 aromatic carbocycles. The number of hydrogen-bond donors (Lipinski definition) is 0. The molecule has 5 heteroatoms. The third-order valence-corrected chi connectivity index (χ3v) is 4.84. The highest BCUT2D eigenvalue weighted by atomic mass is 16.7. The van der Waals surface area contributed by atoms with E-state index in [9.17, 15) is 0 Å². The van der Waals surface area contributed by atoms with Crippen molar-refractivity contribution in [3.63, 3.8) is 0 Å². The molecule has 1 fully saturated rings. The van der Waals surface area contributed by atoms with Gasteiger partial charge in [-0.2, -0.15) is 0 Å². The first-order valence-corrected chi connectivity index (χ1v) is 10.3. The molecule has 0 amide bonds. The van der Waals surface area contributed by atoms with Gasteiger partial charge in [0, 0.05) is 6.61 Å². The quantitative estimate of drug-likeness (QED) is 0.451. The third-order valence-electron chi connectivity index (χ3n) is 4.84. The smallest absolute Gasteiger partial charge is 0.157 e. The van der Waals surface area contributed by atoms with Crippen molar-refractivity contribution in [3.8, 4) is 0 Å². The normalized spacial score (nSPS) is 18.5. The Morgan fingerprint density at radius 1 is 0.926 bits per heavy atom. The Balaban J connectivity index is 1.37. The molecular weight excluding hydrogens is 344 g/mol. The highest BCUT2D eigenvalue weighted by Crippen LogP contribution is 2.19. The molecule has 0 spiro atoms. The molecule has 1 aliphatic rings. The van der Waals surface area contributed by atoms with Crippen LogP contribution in [0.25, 0.3) is 0 Å². The van der Waals surface area contributed by atoms with E-state index in [4.69, 9.17) is 23.7 Å². The van der Waals surface area contributed by atoms with Gasteiger partial charge >= 0.3 is 0 Å². The molecule has 5 nitrogen and oxygen atoms in total. The Bertz CT molecular complexity index is 470. The van der Waals surface area contributed by atoms with E-state index in [1.807, 2.05) is 0 Å². The van der Waals surface area contributed by atoms with Crippen molar-refractivity contribution in [2.75, 3.05) is 46.2 Å². The van der Waals surface area contributed by atoms with E-state index in [0.717, 1.165) is 19.4 Å². The van der Waals surface area contributed by atoms with Gasteiger partial charge in [0.2, 0.25) is 0 Å². The van der Waals surface area contributed by atoms with E-state index in [1.54, 1.807) is 0 Å². The Hall–Kier alpha value is -0.980. The molecule has 27 heavy (non-hydrogen) atoms. The predicted octanol–water partition coefficient (Wildman–Crippen LogP) is 4.29. The molecule has 2 rings (SSSR count). The monoisotopic (exact) mass is 380 g/mol. The largest absolute Gasteiger partial charge is 0.377 e. The Labute approximate surface area is 164 Å². The molecule has 0 aromatic heterocycles. The van der Waals surface area contributed by atoms with Crippen LogP contribution in [0.2, 0.25) is 0 Å². The zero-order valence-electron chi connectivity index (χ0n) is 17.0. The van der Waals surface area contributed by atoms with Crippen LogP contribution in [0.4, 0.5) is 0 Å². The van der Waals surface area contributed by atoms with Crippen molar-refractivity contribution in [1.82, 2.24) is 0 Å². The molecule has 0 aliphatic carbocycles. The molecule has 1 saturated heterocycles. The Morgan fingerprint density at radius 3 is 2.22 bits per heavy atom. The van der Waals surface area contributed by atoms with Crippen LogP contribution in [0, 0.1) is 0 Å². The summed E-state index contributed by atoms with van der Waals surface area (Å²) in [6, 6.07) is 8.70. The second-order valence-electron chi connectivity index (χ2n) is 7.00. The van der Waals surface area contributed by atoms with Crippen LogP contribution in [0.5, 0.6) is 0 Å². The van der Waals surface area contributed by atoms with Gasteiger partial charge in [-0.3, -0.25) is 0 Å². The molecule has 1 aliphatic heterocycles. The van der Waals surface area contributed by atoms with Crippen LogP contribution in [0.15, 0.2) is 24.3 Å². The summed E-state index contributed by atoms with van der Waals surface area (Å²) in [5.74, 6) is 0.614. The average Bonchev–Trinajstić information content (AvgIpc) is 2.72. The van der Waals surface area contributed by atoms with Crippen molar-refractivity contribution < 1.29 is 23.7 Å². The van der Waals surface area contributed by atoms with Gasteiger partial charge in [-0.1, -0.05) is 38.1 Å². The summed E-state index contributed by atoms with van der Waals surface area (Å²) < 4.78 is 27.8. The lowest BCUT2D eigenvalue weighted by Crippen LogP contribution is -2.24. The summed E-state index contributed by atoms with van der Waals surface area (Å²) >= 11 is 0. The Morgan fingerprint density at radius 2 is 1.59 bits per heavy atom. The summed E-state index contributed by atoms with van der Waals surface area (Å²) in [4.78, 5) is 0. The SMILES string of the molecule is CCC(C)c1ccc(COCCOCCOCCOC2CCCCO2)cc1. The molecule has 1 aromatic rings. The fourth-order valence-corrected chi connectivity index (χ4v) is 2.89. The van der Waals surface area contributed by atoms with Crippen molar-refractivity contribution >= 4 is 0 Å². The fourth-order valence-electron chi connectivity index (χ4n) is 2.89. The summed E-state index contributed by atoms with van der Waals surface area (Å²) in [6.45, 7) is 9.38. The number of benzene rings is 1. The standard InChI is InChI=1S/C22H36O5/c1-3-19(2)21-9-7-20(8-10-21)18-25-15-14-23-12-13-24-16-17-27-22-6-4-5-11-26-22/h7-10,19,22H,3-6,11-18H2,1-2H3. The van der Waals surface area contributed by atoms with Gasteiger partial charge < -0.3 is 23.7 Å². The number of rotatable bonds is 14. The van der Waals surface area contributed by atoms with Gasteiger partial charge in [-0.15, -0.1) is 0 Å². The van der Waals surface area contributed by atoms with E-state index in [1.165, 1.54) is 24.0 Å². The summed E-state index contributed by atoms with van der Waals surface area (Å²) in [5.41, 5.74) is 2.59. The lowest BCUT2D eigenvalue weighted by Gasteiger charge is -2.22. The van der Waals surface area contributed by atoms with Gasteiger partial charge in [0.05, 0.1) is 46.2 Å². The maximum absolute atomic E-state index is 5.66. The molecule has 0 radical (unpaired) electrons. The second-order valence-corrected chi connectivity index (χ2v) is 7.00. The molecule has 0 bridgehead atoms. The van der Waals surface area contributed by atoms with E-state index < -0.39 is 0 Å². The van der Waals surface area contributed by atoms with Gasteiger partial charge in [-0.25, -0.2) is 0 Å². The second kappa shape index (κ2) is 14.1. The Kier molecular flexibility index (Phi) is 11.6. The van der Waals surface area contributed by atoms with Gasteiger partial charge in [0.1, 0.15) is 0 Å². The molecular formula is C22H36O5. The van der Waals surface area contributed by atoms with E-state index in [-0.39, 0.29) is 6.29 Å². The first kappa shape index (κ1) is 22.3. The predicted molar refractivity (Wildman–Crippen MR) is 106 cm³/mol. The van der Waals surface area contributed by atoms with Crippen molar-refractivity contribution in [2.45, 2.75) is 58.3 Å². The van der Waals surface area contributed by atoms with Crippen molar-refractivity contribution in [1.29, 1.82) is 0 Å². The van der Waals surface area contributed by atoms with Gasteiger partial charge in [0.25, 0.3) is 0 Å². The van der Waals surface area contributed by atoms with E-state index >= 15 is 0 Å². The highest BCUT2D eigenvalue weighted by molar-refractivity contribution is 5.24. The lowest BCUT2D eigenvalue weighted by atomic mass is 9.98. The maximum atomic E-state index is 5.66. The zero-order chi connectivity index (χ0) is 19.2. The summed E-state index contributed by atoms with van der Waals surface area (Å²) in [7, 11) is 0. The minimum Gasteiger partial charge on any atom is -0.377 e. The zero-order valence-corrected chi connectivity index (χ0v) is 17.0. The van der Waals surface area contributed by atoms with Gasteiger partial charge in [-0.05, 0) is 42.7 Å². The third kappa shape index (κ3) is 9.67. The number of hydrogen-bond acceptors (Lipinski definition) is 5. The van der Waals surface area contributed by atoms with Crippen LogP contribution in [0.1, 0.15) is 56.6 Å². The van der Waals surface area contributed by atoms with Crippen molar-refractivity contribution in [3.05, 3.63) is 35.4 Å². The van der Waals surface area contributed by atoms with E-state index in [2.05, 4.69) is 38.1 Å². The molecule has 0 saturated carbocycles. The molecule has 1 heterocycles. The summed E-state index contributed by atoms with van der Waals surface area (Å²) in [6.07, 6.45) is 4.44. The maximum Gasteiger partial charge on any atom is 0.157 e. The molecule has 2 atom stereocenters. The molecule has 154 valence electrons. The van der Waals surface area contributed by atoms with Crippen LogP contribution >= 0.6 is 0 Å². The van der Waals surface area contributed by atoms with Crippen molar-refractivity contribution in [2.24, 2.45) is 0 Å². The minimum absolute atomic E-state index is 0.0398.